The van der Waals surface area contributed by atoms with E-state index in [4.69, 9.17) is 0 Å². The molecule has 0 aliphatic carbocycles. The van der Waals surface area contributed by atoms with Gasteiger partial charge in [0.1, 0.15) is 0 Å². The maximum Gasteiger partial charge on any atom is 0.255 e. The van der Waals surface area contributed by atoms with E-state index >= 15 is 0 Å². The predicted molar refractivity (Wildman–Crippen MR) is 119 cm³/mol. The van der Waals surface area contributed by atoms with Gasteiger partial charge < -0.3 is 15.1 Å². The highest BCUT2D eigenvalue weighted by Gasteiger charge is 2.18. The van der Waals surface area contributed by atoms with E-state index < -0.39 is 0 Å². The monoisotopic (exact) mass is 393 g/mol. The highest BCUT2D eigenvalue weighted by Crippen LogP contribution is 2.23. The van der Waals surface area contributed by atoms with Crippen molar-refractivity contribution in [2.75, 3.05) is 36.4 Å². The van der Waals surface area contributed by atoms with Crippen molar-refractivity contribution in [1.29, 1.82) is 0 Å². The van der Waals surface area contributed by atoms with Gasteiger partial charge in [-0.15, -0.1) is 0 Å². The Labute approximate surface area is 173 Å². The van der Waals surface area contributed by atoms with Crippen LogP contribution < -0.4 is 10.2 Å². The zero-order valence-electron chi connectivity index (χ0n) is 17.7. The van der Waals surface area contributed by atoms with Crippen molar-refractivity contribution in [2.24, 2.45) is 0 Å². The molecule has 0 unspecified atom stereocenters. The van der Waals surface area contributed by atoms with Gasteiger partial charge in [-0.25, -0.2) is 0 Å². The molecule has 29 heavy (non-hydrogen) atoms. The van der Waals surface area contributed by atoms with Gasteiger partial charge in [0.15, 0.2) is 0 Å². The highest BCUT2D eigenvalue weighted by atomic mass is 16.2. The maximum atomic E-state index is 12.7. The van der Waals surface area contributed by atoms with Gasteiger partial charge in [0.05, 0.1) is 0 Å². The summed E-state index contributed by atoms with van der Waals surface area (Å²) in [5, 5.41) is 2.99. The number of rotatable bonds is 6. The number of anilines is 2. The number of hydrogen-bond acceptors (Lipinski definition) is 3. The molecule has 1 aliphatic rings. The van der Waals surface area contributed by atoms with Gasteiger partial charge in [-0.3, -0.25) is 9.59 Å². The van der Waals surface area contributed by atoms with Gasteiger partial charge in [0.2, 0.25) is 0 Å². The first kappa shape index (κ1) is 20.9. The Morgan fingerprint density at radius 3 is 2.14 bits per heavy atom. The summed E-state index contributed by atoms with van der Waals surface area (Å²) in [6.07, 6.45) is 3.33. The molecular weight excluding hydrogens is 362 g/mol. The molecule has 5 heteroatoms. The van der Waals surface area contributed by atoms with Gasteiger partial charge in [-0.1, -0.05) is 0 Å². The molecule has 0 aromatic heterocycles. The van der Waals surface area contributed by atoms with E-state index in [1.54, 1.807) is 24.3 Å². The third-order valence-electron chi connectivity index (χ3n) is 5.62. The van der Waals surface area contributed by atoms with Crippen molar-refractivity contribution < 1.29 is 9.59 Å². The number of hydrogen-bond donors (Lipinski definition) is 1. The highest BCUT2D eigenvalue weighted by molar-refractivity contribution is 6.05. The van der Waals surface area contributed by atoms with Crippen LogP contribution in [0.15, 0.2) is 42.5 Å². The van der Waals surface area contributed by atoms with Crippen molar-refractivity contribution in [1.82, 2.24) is 4.90 Å². The van der Waals surface area contributed by atoms with Crippen LogP contribution in [-0.4, -0.2) is 42.9 Å². The third-order valence-corrected chi connectivity index (χ3v) is 5.62. The minimum absolute atomic E-state index is 0.0551. The molecule has 0 radical (unpaired) electrons. The average molecular weight is 394 g/mol. The molecule has 2 amide bonds. The lowest BCUT2D eigenvalue weighted by Gasteiger charge is -2.26. The summed E-state index contributed by atoms with van der Waals surface area (Å²) in [4.78, 5) is 29.4. The Hall–Kier alpha value is -2.82. The van der Waals surface area contributed by atoms with Crippen molar-refractivity contribution in [2.45, 2.75) is 40.0 Å². The fourth-order valence-electron chi connectivity index (χ4n) is 3.81. The van der Waals surface area contributed by atoms with Crippen LogP contribution in [0, 0.1) is 6.92 Å². The van der Waals surface area contributed by atoms with Gasteiger partial charge >= 0.3 is 0 Å². The predicted octanol–water partition coefficient (Wildman–Crippen LogP) is 4.72. The molecule has 1 fully saturated rings. The fraction of sp³-hybridized carbons (Fsp3) is 0.417. The van der Waals surface area contributed by atoms with Crippen LogP contribution in [0.25, 0.3) is 0 Å². The van der Waals surface area contributed by atoms with Crippen LogP contribution in [0.5, 0.6) is 0 Å². The van der Waals surface area contributed by atoms with Crippen LogP contribution in [0.2, 0.25) is 0 Å². The Morgan fingerprint density at radius 1 is 0.931 bits per heavy atom. The van der Waals surface area contributed by atoms with Crippen LogP contribution in [0.4, 0.5) is 11.4 Å². The lowest BCUT2D eigenvalue weighted by Crippen LogP contribution is -2.35. The maximum absolute atomic E-state index is 12.7. The second kappa shape index (κ2) is 9.59. The zero-order chi connectivity index (χ0) is 20.8. The molecule has 0 atom stereocenters. The second-order valence-electron chi connectivity index (χ2n) is 7.56. The number of likely N-dealkylation sites (tertiary alicyclic amines) is 1. The molecule has 154 valence electrons. The normalized spacial score (nSPS) is 13.8. The molecule has 2 aromatic rings. The van der Waals surface area contributed by atoms with E-state index in [1.165, 1.54) is 6.42 Å². The molecule has 1 heterocycles. The first-order chi connectivity index (χ1) is 14.0. The van der Waals surface area contributed by atoms with Crippen LogP contribution in [0.3, 0.4) is 0 Å². The second-order valence-corrected chi connectivity index (χ2v) is 7.56. The van der Waals surface area contributed by atoms with E-state index in [0.717, 1.165) is 56.0 Å². The Morgan fingerprint density at radius 2 is 1.55 bits per heavy atom. The molecule has 2 aromatic carbocycles. The number of benzene rings is 2. The van der Waals surface area contributed by atoms with Crippen molar-refractivity contribution >= 4 is 23.2 Å². The third kappa shape index (κ3) is 4.97. The molecule has 0 saturated carbocycles. The first-order valence-electron chi connectivity index (χ1n) is 10.6. The molecule has 1 aliphatic heterocycles. The smallest absolute Gasteiger partial charge is 0.255 e. The number of carbonyl (C=O) groups excluding carboxylic acids is 2. The number of carbonyl (C=O) groups is 2. The van der Waals surface area contributed by atoms with Crippen LogP contribution in [0.1, 0.15) is 59.4 Å². The Balaban J connectivity index is 1.67. The van der Waals surface area contributed by atoms with E-state index in [2.05, 4.69) is 30.1 Å². The summed E-state index contributed by atoms with van der Waals surface area (Å²) in [6, 6.07) is 13.1. The lowest BCUT2D eigenvalue weighted by molar-refractivity contribution is 0.0724. The molecule has 1 N–H and O–H groups in total. The van der Waals surface area contributed by atoms with E-state index in [1.807, 2.05) is 24.0 Å². The summed E-state index contributed by atoms with van der Waals surface area (Å²) in [5.74, 6) is -0.111. The summed E-state index contributed by atoms with van der Waals surface area (Å²) >= 11 is 0. The number of nitrogens with one attached hydrogen (secondary N) is 1. The SMILES string of the molecule is CCN(CC)c1ccc(NC(=O)c2ccc(C(=O)N3CCCCC3)cc2)c(C)c1. The molecule has 5 nitrogen and oxygen atoms in total. The van der Waals surface area contributed by atoms with E-state index in [9.17, 15) is 9.59 Å². The largest absolute Gasteiger partial charge is 0.372 e. The number of nitrogens with zero attached hydrogens (tertiary/aromatic N) is 2. The van der Waals surface area contributed by atoms with Crippen LogP contribution in [-0.2, 0) is 0 Å². The topological polar surface area (TPSA) is 52.7 Å². The minimum Gasteiger partial charge on any atom is -0.372 e. The molecule has 0 spiro atoms. The molecule has 0 bridgehead atoms. The molecular formula is C24H31N3O2. The fourth-order valence-corrected chi connectivity index (χ4v) is 3.81. The van der Waals surface area contributed by atoms with Gasteiger partial charge in [0, 0.05) is 48.7 Å². The van der Waals surface area contributed by atoms with Crippen molar-refractivity contribution in [3.63, 3.8) is 0 Å². The average Bonchev–Trinajstić information content (AvgIpc) is 2.76. The molecule has 3 rings (SSSR count). The number of aryl methyl sites for hydroxylation is 1. The molecule has 1 saturated heterocycles. The Kier molecular flexibility index (Phi) is 6.91. The van der Waals surface area contributed by atoms with Crippen molar-refractivity contribution in [3.05, 3.63) is 59.2 Å². The van der Waals surface area contributed by atoms with Gasteiger partial charge in [-0.2, -0.15) is 0 Å². The quantitative estimate of drug-likeness (QED) is 0.773. The summed E-state index contributed by atoms with van der Waals surface area (Å²) < 4.78 is 0. The van der Waals surface area contributed by atoms with Gasteiger partial charge in [-0.05, 0) is 88.1 Å². The standard InChI is InChI=1S/C24H31N3O2/c1-4-26(5-2)21-13-14-22(18(3)17-21)25-23(28)19-9-11-20(12-10-19)24(29)27-15-7-6-8-16-27/h9-14,17H,4-8,15-16H2,1-3H3,(H,25,28). The van der Waals surface area contributed by atoms with Crippen LogP contribution >= 0.6 is 0 Å². The zero-order valence-corrected chi connectivity index (χ0v) is 17.7. The van der Waals surface area contributed by atoms with Gasteiger partial charge in [0.25, 0.3) is 11.8 Å². The Bertz CT molecular complexity index is 851. The number of piperidine rings is 1. The minimum atomic E-state index is -0.166. The summed E-state index contributed by atoms with van der Waals surface area (Å²) in [7, 11) is 0. The number of amides is 2. The lowest BCUT2D eigenvalue weighted by atomic mass is 10.1. The summed E-state index contributed by atoms with van der Waals surface area (Å²) in [6.45, 7) is 9.81. The first-order valence-corrected chi connectivity index (χ1v) is 10.6. The van der Waals surface area contributed by atoms with Crippen molar-refractivity contribution in [3.8, 4) is 0 Å². The summed E-state index contributed by atoms with van der Waals surface area (Å²) in [5.41, 5.74) is 4.18. The van der Waals surface area contributed by atoms with E-state index in [-0.39, 0.29) is 11.8 Å². The van der Waals surface area contributed by atoms with E-state index in [0.29, 0.717) is 11.1 Å².